The van der Waals surface area contributed by atoms with Gasteiger partial charge in [-0.15, -0.1) is 5.10 Å². The molecule has 1 amide bonds. The van der Waals surface area contributed by atoms with E-state index in [0.717, 1.165) is 4.47 Å². The molecule has 2 aromatic carbocycles. The maximum absolute atomic E-state index is 12.8. The van der Waals surface area contributed by atoms with Crippen LogP contribution in [0.4, 0.5) is 0 Å². The summed E-state index contributed by atoms with van der Waals surface area (Å²) < 4.78 is 5.96. The Morgan fingerprint density at radius 2 is 2.11 bits per heavy atom. The molecule has 138 valence electrons. The first-order valence-corrected chi connectivity index (χ1v) is 10.0. The Kier molecular flexibility index (Phi) is 4.56. The number of ether oxygens (including phenoxy) is 1. The highest BCUT2D eigenvalue weighted by molar-refractivity contribution is 9.10. The lowest BCUT2D eigenvalue weighted by atomic mass is 10.1. The molecule has 2 aliphatic rings. The number of nitrogens with zero attached hydrogens (tertiary/aromatic N) is 3. The zero-order chi connectivity index (χ0) is 19.1. The molecule has 0 spiro atoms. The topological polar surface area (TPSA) is 86.5 Å². The molecule has 0 fully saturated rings. The maximum Gasteiger partial charge on any atom is 0.276 e. The molecule has 0 saturated carbocycles. The van der Waals surface area contributed by atoms with Gasteiger partial charge >= 0.3 is 0 Å². The lowest BCUT2D eigenvalue weighted by Crippen LogP contribution is -2.50. The molecule has 0 aromatic heterocycles. The summed E-state index contributed by atoms with van der Waals surface area (Å²) in [5.74, 6) is 0.128. The van der Waals surface area contributed by atoms with Crippen molar-refractivity contribution in [1.29, 1.82) is 0 Å². The predicted molar refractivity (Wildman–Crippen MR) is 107 cm³/mol. The number of hydrazone groups is 1. The van der Waals surface area contributed by atoms with Crippen molar-refractivity contribution in [3.63, 3.8) is 0 Å². The SMILES string of the molecule is COc1ccc(C2N=c3ccc(Br)cc3=C3C(=O)NC(SC)=NN32)cc1O. The van der Waals surface area contributed by atoms with Gasteiger partial charge in [0.25, 0.3) is 5.91 Å². The van der Waals surface area contributed by atoms with Gasteiger partial charge in [0.1, 0.15) is 5.70 Å². The molecule has 0 radical (unpaired) electrons. The molecule has 4 rings (SSSR count). The Morgan fingerprint density at radius 3 is 2.81 bits per heavy atom. The lowest BCUT2D eigenvalue weighted by molar-refractivity contribution is -0.116. The van der Waals surface area contributed by atoms with Crippen molar-refractivity contribution in [3.8, 4) is 11.5 Å². The number of carbonyl (C=O) groups excluding carboxylic acids is 1. The first-order chi connectivity index (χ1) is 13.0. The van der Waals surface area contributed by atoms with Crippen LogP contribution in [-0.2, 0) is 4.79 Å². The number of aromatic hydroxyl groups is 1. The highest BCUT2D eigenvalue weighted by atomic mass is 79.9. The monoisotopic (exact) mass is 446 g/mol. The Labute approximate surface area is 167 Å². The number of hydrogen-bond acceptors (Lipinski definition) is 7. The minimum absolute atomic E-state index is 0.00360. The van der Waals surface area contributed by atoms with Crippen LogP contribution in [0.5, 0.6) is 11.5 Å². The Morgan fingerprint density at radius 1 is 1.30 bits per heavy atom. The molecule has 1 unspecified atom stereocenters. The van der Waals surface area contributed by atoms with Crippen LogP contribution in [0.15, 0.2) is 51.0 Å². The third-order valence-electron chi connectivity index (χ3n) is 4.26. The predicted octanol–water partition coefficient (Wildman–Crippen LogP) is 1.67. The quantitative estimate of drug-likeness (QED) is 0.732. The smallest absolute Gasteiger partial charge is 0.276 e. The number of thioether (sulfide) groups is 1. The van der Waals surface area contributed by atoms with Gasteiger partial charge in [-0.2, -0.15) is 0 Å². The number of amidine groups is 1. The first-order valence-electron chi connectivity index (χ1n) is 7.99. The molecule has 1 atom stereocenters. The van der Waals surface area contributed by atoms with Crippen LogP contribution < -0.4 is 20.6 Å². The van der Waals surface area contributed by atoms with Crippen LogP contribution in [0.25, 0.3) is 5.70 Å². The number of methoxy groups -OCH3 is 1. The number of nitrogens with one attached hydrogen (secondary N) is 1. The van der Waals surface area contributed by atoms with Crippen LogP contribution in [-0.4, -0.2) is 34.6 Å². The molecule has 2 aromatic rings. The van der Waals surface area contributed by atoms with Crippen LogP contribution in [0.1, 0.15) is 11.7 Å². The van der Waals surface area contributed by atoms with Crippen molar-refractivity contribution >= 4 is 44.5 Å². The molecule has 2 N–H and O–H groups in total. The maximum atomic E-state index is 12.8. The van der Waals surface area contributed by atoms with Crippen molar-refractivity contribution in [2.75, 3.05) is 13.4 Å². The second-order valence-corrected chi connectivity index (χ2v) is 7.56. The zero-order valence-electron chi connectivity index (χ0n) is 14.4. The fourth-order valence-corrected chi connectivity index (χ4v) is 3.75. The number of benzene rings is 2. The van der Waals surface area contributed by atoms with E-state index in [1.54, 1.807) is 23.2 Å². The number of rotatable bonds is 2. The zero-order valence-corrected chi connectivity index (χ0v) is 16.8. The van der Waals surface area contributed by atoms with Gasteiger partial charge in [-0.3, -0.25) is 15.1 Å². The minimum atomic E-state index is -0.585. The van der Waals surface area contributed by atoms with Gasteiger partial charge in [0.2, 0.25) is 0 Å². The van der Waals surface area contributed by atoms with Crippen molar-refractivity contribution in [1.82, 2.24) is 10.3 Å². The van der Waals surface area contributed by atoms with Gasteiger partial charge in [-0.05, 0) is 36.6 Å². The number of carbonyl (C=O) groups is 1. The van der Waals surface area contributed by atoms with E-state index < -0.39 is 6.17 Å². The second kappa shape index (κ2) is 6.90. The summed E-state index contributed by atoms with van der Waals surface area (Å²) >= 11 is 4.78. The fourth-order valence-electron chi connectivity index (χ4n) is 3.03. The Bertz CT molecular complexity index is 1100. The standard InChI is InChI=1S/C18H15BrN4O3S/c1-26-14-6-3-9(7-13(14)24)16-20-12-5-4-10(19)8-11(12)15-17(25)21-18(27-2)22-23(15)16/h3-8,16,24H,1-2H3,(H,21,22,25). The van der Waals surface area contributed by atoms with E-state index in [1.807, 2.05) is 24.5 Å². The molecule has 9 heteroatoms. The average molecular weight is 447 g/mol. The number of fused-ring (bicyclic) bond motifs is 2. The second-order valence-electron chi connectivity index (χ2n) is 5.85. The van der Waals surface area contributed by atoms with Gasteiger partial charge in [0.15, 0.2) is 22.8 Å². The summed E-state index contributed by atoms with van der Waals surface area (Å²) in [6, 6.07) is 10.6. The number of halogens is 1. The minimum Gasteiger partial charge on any atom is -0.504 e. The van der Waals surface area contributed by atoms with Crippen molar-refractivity contribution in [2.24, 2.45) is 10.1 Å². The number of phenolic OH excluding ortho intramolecular Hbond substituents is 1. The summed E-state index contributed by atoms with van der Waals surface area (Å²) in [6.07, 6.45) is 1.25. The summed E-state index contributed by atoms with van der Waals surface area (Å²) in [5.41, 5.74) is 1.11. The number of hydrogen-bond donors (Lipinski definition) is 2. The third-order valence-corrected chi connectivity index (χ3v) is 5.33. The number of amides is 1. The van der Waals surface area contributed by atoms with Gasteiger partial charge < -0.3 is 9.84 Å². The highest BCUT2D eigenvalue weighted by Crippen LogP contribution is 2.35. The first kappa shape index (κ1) is 17.9. The van der Waals surface area contributed by atoms with E-state index in [2.05, 4.69) is 26.3 Å². The average Bonchev–Trinajstić information content (AvgIpc) is 2.66. The number of phenols is 1. The van der Waals surface area contributed by atoms with Gasteiger partial charge in [-0.25, -0.2) is 5.01 Å². The van der Waals surface area contributed by atoms with Gasteiger partial charge in [-0.1, -0.05) is 33.8 Å². The van der Waals surface area contributed by atoms with E-state index in [-0.39, 0.29) is 11.7 Å². The van der Waals surface area contributed by atoms with Gasteiger partial charge in [0, 0.05) is 15.3 Å². The molecule has 0 aliphatic carbocycles. The molecule has 0 saturated heterocycles. The van der Waals surface area contributed by atoms with E-state index in [9.17, 15) is 9.90 Å². The van der Waals surface area contributed by atoms with E-state index >= 15 is 0 Å². The van der Waals surface area contributed by atoms with Crippen LogP contribution in [0, 0.1) is 0 Å². The molecular weight excluding hydrogens is 432 g/mol. The molecule has 7 nitrogen and oxygen atoms in total. The fraction of sp³-hybridized carbons (Fsp3) is 0.167. The summed E-state index contributed by atoms with van der Waals surface area (Å²) in [6.45, 7) is 0. The largest absolute Gasteiger partial charge is 0.504 e. The van der Waals surface area contributed by atoms with Crippen molar-refractivity contribution < 1.29 is 14.6 Å². The summed E-state index contributed by atoms with van der Waals surface area (Å²) in [4.78, 5) is 17.6. The molecule has 0 bridgehead atoms. The van der Waals surface area contributed by atoms with Crippen LogP contribution in [0.3, 0.4) is 0 Å². The van der Waals surface area contributed by atoms with Gasteiger partial charge in [0.05, 0.1) is 12.5 Å². The van der Waals surface area contributed by atoms with Crippen LogP contribution in [0.2, 0.25) is 0 Å². The third kappa shape index (κ3) is 3.06. The molecular formula is C18H15BrN4O3S. The van der Waals surface area contributed by atoms with E-state index in [0.29, 0.717) is 32.8 Å². The van der Waals surface area contributed by atoms with Crippen molar-refractivity contribution in [3.05, 3.63) is 57.0 Å². The Balaban J connectivity index is 1.97. The van der Waals surface area contributed by atoms with Crippen LogP contribution >= 0.6 is 27.7 Å². The normalized spacial score (nSPS) is 18.1. The molecule has 27 heavy (non-hydrogen) atoms. The van der Waals surface area contributed by atoms with E-state index in [4.69, 9.17) is 9.73 Å². The van der Waals surface area contributed by atoms with Crippen molar-refractivity contribution in [2.45, 2.75) is 6.17 Å². The Hall–Kier alpha value is -2.52. The molecule has 2 aliphatic heterocycles. The highest BCUT2D eigenvalue weighted by Gasteiger charge is 2.34. The molecule has 2 heterocycles. The lowest BCUT2D eigenvalue weighted by Gasteiger charge is -2.34. The van der Waals surface area contributed by atoms with E-state index in [1.165, 1.54) is 18.9 Å². The summed E-state index contributed by atoms with van der Waals surface area (Å²) in [5, 5.41) is 21.0. The summed E-state index contributed by atoms with van der Waals surface area (Å²) in [7, 11) is 1.49.